The summed E-state index contributed by atoms with van der Waals surface area (Å²) in [7, 11) is 0. The van der Waals surface area contributed by atoms with Gasteiger partial charge in [0.25, 0.3) is 0 Å². The second kappa shape index (κ2) is 13.2. The molecule has 2 aliphatic carbocycles. The maximum Gasteiger partial charge on any atom is 0.0912 e. The highest BCUT2D eigenvalue weighted by molar-refractivity contribution is 5.11. The van der Waals surface area contributed by atoms with Crippen molar-refractivity contribution in [2.24, 2.45) is 23.7 Å². The predicted octanol–water partition coefficient (Wildman–Crippen LogP) is 7.99. The SMILES string of the molecule is CCCC[C@H]1CC[C@H](CC[C@H]2CC[C@H](CCC=CC=CC#N)CC2)CC1. The standard InChI is InChI=1S/C25H41N/c1-2-3-9-22-11-15-24(16-12-22)19-20-25-17-13-23(14-18-25)10-7-5-4-6-8-21-26/h4-6,8,22-25H,2-3,7,9-20H2,1H3/t22-,23-,24-,25-. The molecule has 0 amide bonds. The lowest BCUT2D eigenvalue weighted by Gasteiger charge is -2.32. The summed E-state index contributed by atoms with van der Waals surface area (Å²) in [5.74, 6) is 4.09. The van der Waals surface area contributed by atoms with Crippen molar-refractivity contribution in [3.05, 3.63) is 24.3 Å². The van der Waals surface area contributed by atoms with Crippen molar-refractivity contribution in [1.82, 2.24) is 0 Å². The van der Waals surface area contributed by atoms with Crippen molar-refractivity contribution in [2.75, 3.05) is 0 Å². The molecule has 0 radical (unpaired) electrons. The van der Waals surface area contributed by atoms with Crippen molar-refractivity contribution >= 4 is 0 Å². The summed E-state index contributed by atoms with van der Waals surface area (Å²) in [5.41, 5.74) is 0. The Morgan fingerprint density at radius 1 is 0.731 bits per heavy atom. The molecule has 0 atom stereocenters. The molecule has 2 rings (SSSR count). The molecule has 2 aliphatic rings. The Bertz CT molecular complexity index is 439. The number of unbranched alkanes of at least 4 members (excludes halogenated alkanes) is 1. The van der Waals surface area contributed by atoms with E-state index in [1.165, 1.54) is 96.3 Å². The van der Waals surface area contributed by atoms with Gasteiger partial charge in [0.1, 0.15) is 0 Å². The van der Waals surface area contributed by atoms with Gasteiger partial charge in [-0.3, -0.25) is 0 Å². The van der Waals surface area contributed by atoms with Crippen LogP contribution >= 0.6 is 0 Å². The topological polar surface area (TPSA) is 23.8 Å². The Morgan fingerprint density at radius 3 is 1.73 bits per heavy atom. The number of hydrogen-bond donors (Lipinski definition) is 0. The van der Waals surface area contributed by atoms with Crippen LogP contribution in [0, 0.1) is 35.0 Å². The van der Waals surface area contributed by atoms with Crippen LogP contribution in [0.4, 0.5) is 0 Å². The van der Waals surface area contributed by atoms with Crippen molar-refractivity contribution < 1.29 is 0 Å². The molecule has 0 aliphatic heterocycles. The second-order valence-electron chi connectivity index (χ2n) is 8.99. The fraction of sp³-hybridized carbons (Fsp3) is 0.800. The van der Waals surface area contributed by atoms with Crippen LogP contribution in [0.2, 0.25) is 0 Å². The first-order valence-corrected chi connectivity index (χ1v) is 11.5. The first-order valence-electron chi connectivity index (χ1n) is 11.5. The molecule has 0 spiro atoms. The lowest BCUT2D eigenvalue weighted by atomic mass is 9.74. The molecular formula is C25H41N. The van der Waals surface area contributed by atoms with Gasteiger partial charge in [0.05, 0.1) is 6.07 Å². The van der Waals surface area contributed by atoms with Crippen LogP contribution in [-0.2, 0) is 0 Å². The van der Waals surface area contributed by atoms with Crippen molar-refractivity contribution in [2.45, 2.75) is 103 Å². The highest BCUT2D eigenvalue weighted by Crippen LogP contribution is 2.38. The third-order valence-corrected chi connectivity index (χ3v) is 7.04. The smallest absolute Gasteiger partial charge is 0.0912 e. The molecule has 0 unspecified atom stereocenters. The average Bonchev–Trinajstić information content (AvgIpc) is 2.69. The Labute approximate surface area is 162 Å². The minimum atomic E-state index is 0.949. The first kappa shape index (κ1) is 21.3. The lowest BCUT2D eigenvalue weighted by Crippen LogP contribution is -2.18. The number of nitriles is 1. The number of nitrogens with zero attached hydrogens (tertiary/aromatic N) is 1. The van der Waals surface area contributed by atoms with Gasteiger partial charge < -0.3 is 0 Å². The van der Waals surface area contributed by atoms with Crippen LogP contribution in [0.15, 0.2) is 24.3 Å². The Kier molecular flexibility index (Phi) is 10.8. The molecule has 0 heterocycles. The Hall–Kier alpha value is -1.03. The van der Waals surface area contributed by atoms with Crippen LogP contribution in [0.25, 0.3) is 0 Å². The summed E-state index contributed by atoms with van der Waals surface area (Å²) in [6, 6.07) is 2.03. The molecule has 2 saturated carbocycles. The summed E-state index contributed by atoms with van der Waals surface area (Å²) < 4.78 is 0. The van der Waals surface area contributed by atoms with Crippen LogP contribution in [-0.4, -0.2) is 0 Å². The van der Waals surface area contributed by atoms with Gasteiger partial charge >= 0.3 is 0 Å². The van der Waals surface area contributed by atoms with Crippen LogP contribution < -0.4 is 0 Å². The van der Waals surface area contributed by atoms with E-state index in [4.69, 9.17) is 5.26 Å². The Morgan fingerprint density at radius 2 is 1.23 bits per heavy atom. The normalized spacial score (nSPS) is 30.0. The predicted molar refractivity (Wildman–Crippen MR) is 113 cm³/mol. The van der Waals surface area contributed by atoms with E-state index < -0.39 is 0 Å². The molecule has 1 nitrogen and oxygen atoms in total. The number of rotatable bonds is 10. The van der Waals surface area contributed by atoms with Gasteiger partial charge in [-0.25, -0.2) is 0 Å². The van der Waals surface area contributed by atoms with E-state index in [1.54, 1.807) is 6.08 Å². The zero-order valence-electron chi connectivity index (χ0n) is 17.2. The van der Waals surface area contributed by atoms with Crippen LogP contribution in [0.1, 0.15) is 103 Å². The monoisotopic (exact) mass is 355 g/mol. The van der Waals surface area contributed by atoms with Gasteiger partial charge in [0.15, 0.2) is 0 Å². The van der Waals surface area contributed by atoms with E-state index in [2.05, 4.69) is 13.0 Å². The van der Waals surface area contributed by atoms with E-state index in [9.17, 15) is 0 Å². The number of allylic oxidation sites excluding steroid dienone is 4. The van der Waals surface area contributed by atoms with E-state index in [1.807, 2.05) is 18.2 Å². The van der Waals surface area contributed by atoms with Crippen molar-refractivity contribution in [3.63, 3.8) is 0 Å². The molecule has 0 aromatic carbocycles. The fourth-order valence-corrected chi connectivity index (χ4v) is 5.19. The van der Waals surface area contributed by atoms with Crippen molar-refractivity contribution in [1.29, 1.82) is 5.26 Å². The van der Waals surface area contributed by atoms with E-state index in [-0.39, 0.29) is 0 Å². The summed E-state index contributed by atoms with van der Waals surface area (Å²) in [6.45, 7) is 2.32. The molecule has 0 N–H and O–H groups in total. The fourth-order valence-electron chi connectivity index (χ4n) is 5.19. The highest BCUT2D eigenvalue weighted by Gasteiger charge is 2.24. The molecule has 0 bridgehead atoms. The summed E-state index contributed by atoms with van der Waals surface area (Å²) >= 11 is 0. The second-order valence-corrected chi connectivity index (χ2v) is 8.99. The maximum atomic E-state index is 8.45. The van der Waals surface area contributed by atoms with Gasteiger partial charge in [0.2, 0.25) is 0 Å². The van der Waals surface area contributed by atoms with Gasteiger partial charge in [-0.1, -0.05) is 109 Å². The average molecular weight is 356 g/mol. The van der Waals surface area contributed by atoms with Gasteiger partial charge in [-0.15, -0.1) is 0 Å². The van der Waals surface area contributed by atoms with Gasteiger partial charge in [-0.2, -0.15) is 5.26 Å². The minimum absolute atomic E-state index is 0.949. The van der Waals surface area contributed by atoms with E-state index in [0.717, 1.165) is 23.7 Å². The molecule has 0 aromatic rings. The summed E-state index contributed by atoms with van der Waals surface area (Å²) in [6.07, 6.45) is 29.4. The zero-order valence-corrected chi connectivity index (χ0v) is 17.2. The number of hydrogen-bond acceptors (Lipinski definition) is 1. The maximum absolute atomic E-state index is 8.45. The lowest BCUT2D eigenvalue weighted by molar-refractivity contribution is 0.209. The third kappa shape index (κ3) is 8.57. The molecular weight excluding hydrogens is 314 g/mol. The van der Waals surface area contributed by atoms with E-state index in [0.29, 0.717) is 0 Å². The highest BCUT2D eigenvalue weighted by atomic mass is 14.3. The summed E-state index contributed by atoms with van der Waals surface area (Å²) in [5, 5.41) is 8.45. The minimum Gasteiger partial charge on any atom is -0.193 e. The van der Waals surface area contributed by atoms with E-state index >= 15 is 0 Å². The third-order valence-electron chi connectivity index (χ3n) is 7.04. The molecule has 2 fully saturated rings. The van der Waals surface area contributed by atoms with Gasteiger partial charge in [0, 0.05) is 6.08 Å². The molecule has 0 saturated heterocycles. The Balaban J connectivity index is 1.51. The van der Waals surface area contributed by atoms with Crippen LogP contribution in [0.3, 0.4) is 0 Å². The van der Waals surface area contributed by atoms with Crippen LogP contribution in [0.5, 0.6) is 0 Å². The summed E-state index contributed by atoms with van der Waals surface area (Å²) in [4.78, 5) is 0. The largest absolute Gasteiger partial charge is 0.193 e. The quantitative estimate of drug-likeness (QED) is 0.288. The zero-order chi connectivity index (χ0) is 18.5. The molecule has 0 aromatic heterocycles. The first-order chi connectivity index (χ1) is 12.8. The molecule has 1 heteroatoms. The molecule has 146 valence electrons. The molecule has 26 heavy (non-hydrogen) atoms. The van der Waals surface area contributed by atoms with Crippen molar-refractivity contribution in [3.8, 4) is 6.07 Å². The van der Waals surface area contributed by atoms with Gasteiger partial charge in [-0.05, 0) is 36.5 Å².